The van der Waals surface area contributed by atoms with Gasteiger partial charge in [-0.2, -0.15) is 0 Å². The van der Waals surface area contributed by atoms with E-state index in [4.69, 9.17) is 0 Å². The van der Waals surface area contributed by atoms with Crippen LogP contribution in [0.25, 0.3) is 0 Å². The van der Waals surface area contributed by atoms with Crippen LogP contribution in [0.2, 0.25) is 0 Å². The standard InChI is InChI=1S/C17H21NO/c1-2-16-10-6-7-11-17(16)18(12-13-19)14-15-8-4-3-5-9-15/h3-11,19H,2,12-14H2,1H3. The maximum atomic E-state index is 9.30. The van der Waals surface area contributed by atoms with Gasteiger partial charge in [0.1, 0.15) is 0 Å². The molecule has 2 heteroatoms. The van der Waals surface area contributed by atoms with Gasteiger partial charge in [0.15, 0.2) is 0 Å². The molecule has 2 aromatic rings. The number of rotatable bonds is 6. The van der Waals surface area contributed by atoms with E-state index in [1.165, 1.54) is 16.8 Å². The molecule has 0 heterocycles. The Bertz CT molecular complexity index is 496. The van der Waals surface area contributed by atoms with Gasteiger partial charge in [0, 0.05) is 18.8 Å². The highest BCUT2D eigenvalue weighted by Gasteiger charge is 2.10. The van der Waals surface area contributed by atoms with Gasteiger partial charge in [-0.15, -0.1) is 0 Å². The molecular weight excluding hydrogens is 234 g/mol. The molecule has 0 saturated carbocycles. The summed E-state index contributed by atoms with van der Waals surface area (Å²) in [5.74, 6) is 0. The number of aryl methyl sites for hydroxylation is 1. The van der Waals surface area contributed by atoms with Crippen molar-refractivity contribution in [1.82, 2.24) is 0 Å². The molecule has 0 aliphatic heterocycles. The smallest absolute Gasteiger partial charge is 0.0606 e. The number of nitrogens with zero attached hydrogens (tertiary/aromatic N) is 1. The molecule has 0 amide bonds. The normalized spacial score (nSPS) is 10.4. The van der Waals surface area contributed by atoms with Crippen LogP contribution in [0.5, 0.6) is 0 Å². The zero-order valence-corrected chi connectivity index (χ0v) is 11.4. The van der Waals surface area contributed by atoms with Crippen molar-refractivity contribution < 1.29 is 5.11 Å². The second kappa shape index (κ2) is 6.95. The van der Waals surface area contributed by atoms with Crippen LogP contribution in [0.4, 0.5) is 5.69 Å². The summed E-state index contributed by atoms with van der Waals surface area (Å²) in [5, 5.41) is 9.30. The molecule has 2 aromatic carbocycles. The van der Waals surface area contributed by atoms with Crippen molar-refractivity contribution in [2.45, 2.75) is 19.9 Å². The molecule has 0 spiro atoms. The Balaban J connectivity index is 2.24. The quantitative estimate of drug-likeness (QED) is 0.856. The fourth-order valence-electron chi connectivity index (χ4n) is 2.33. The van der Waals surface area contributed by atoms with Crippen molar-refractivity contribution in [3.05, 3.63) is 65.7 Å². The zero-order valence-electron chi connectivity index (χ0n) is 11.4. The summed E-state index contributed by atoms with van der Waals surface area (Å²) in [6.07, 6.45) is 1.01. The van der Waals surface area contributed by atoms with Gasteiger partial charge in [-0.25, -0.2) is 0 Å². The minimum absolute atomic E-state index is 0.172. The van der Waals surface area contributed by atoms with Crippen LogP contribution in [-0.2, 0) is 13.0 Å². The van der Waals surface area contributed by atoms with E-state index in [0.29, 0.717) is 6.54 Å². The molecular formula is C17H21NO. The summed E-state index contributed by atoms with van der Waals surface area (Å²) in [4.78, 5) is 2.24. The van der Waals surface area contributed by atoms with E-state index in [1.54, 1.807) is 0 Å². The first-order valence-electron chi connectivity index (χ1n) is 6.82. The van der Waals surface area contributed by atoms with Gasteiger partial charge >= 0.3 is 0 Å². The van der Waals surface area contributed by atoms with E-state index in [9.17, 15) is 5.11 Å². The van der Waals surface area contributed by atoms with Crippen LogP contribution < -0.4 is 4.90 Å². The molecule has 0 aliphatic carbocycles. The van der Waals surface area contributed by atoms with Gasteiger partial charge in [0.05, 0.1) is 6.61 Å². The summed E-state index contributed by atoms with van der Waals surface area (Å²) >= 11 is 0. The average molecular weight is 255 g/mol. The molecule has 2 nitrogen and oxygen atoms in total. The molecule has 0 aromatic heterocycles. The molecule has 0 saturated heterocycles. The Morgan fingerprint density at radius 1 is 0.947 bits per heavy atom. The van der Waals surface area contributed by atoms with E-state index in [-0.39, 0.29) is 6.61 Å². The minimum atomic E-state index is 0.172. The first-order valence-corrected chi connectivity index (χ1v) is 6.82. The number of aliphatic hydroxyl groups is 1. The Morgan fingerprint density at radius 3 is 2.32 bits per heavy atom. The average Bonchev–Trinajstić information content (AvgIpc) is 2.48. The predicted molar refractivity (Wildman–Crippen MR) is 80.4 cm³/mol. The van der Waals surface area contributed by atoms with Crippen LogP contribution in [0.15, 0.2) is 54.6 Å². The van der Waals surface area contributed by atoms with Gasteiger partial charge in [-0.05, 0) is 23.6 Å². The van der Waals surface area contributed by atoms with Crippen LogP contribution in [0, 0.1) is 0 Å². The van der Waals surface area contributed by atoms with Crippen molar-refractivity contribution >= 4 is 5.69 Å². The molecule has 0 fully saturated rings. The van der Waals surface area contributed by atoms with E-state index < -0.39 is 0 Å². The zero-order chi connectivity index (χ0) is 13.5. The van der Waals surface area contributed by atoms with Crippen LogP contribution in [0.1, 0.15) is 18.1 Å². The van der Waals surface area contributed by atoms with Crippen LogP contribution >= 0.6 is 0 Å². The molecule has 0 aliphatic rings. The van der Waals surface area contributed by atoms with Gasteiger partial charge in [-0.3, -0.25) is 0 Å². The van der Waals surface area contributed by atoms with Crippen molar-refractivity contribution in [1.29, 1.82) is 0 Å². The fourth-order valence-corrected chi connectivity index (χ4v) is 2.33. The topological polar surface area (TPSA) is 23.5 Å². The van der Waals surface area contributed by atoms with Gasteiger partial charge < -0.3 is 10.0 Å². The minimum Gasteiger partial charge on any atom is -0.395 e. The number of aliphatic hydroxyl groups excluding tert-OH is 1. The van der Waals surface area contributed by atoms with E-state index in [1.807, 2.05) is 6.07 Å². The highest BCUT2D eigenvalue weighted by Crippen LogP contribution is 2.22. The Labute approximate surface area is 115 Å². The highest BCUT2D eigenvalue weighted by atomic mass is 16.3. The number of hydrogen-bond acceptors (Lipinski definition) is 2. The Morgan fingerprint density at radius 2 is 1.63 bits per heavy atom. The lowest BCUT2D eigenvalue weighted by Crippen LogP contribution is -2.27. The summed E-state index contributed by atoms with van der Waals surface area (Å²) in [6, 6.07) is 18.8. The van der Waals surface area contributed by atoms with Crippen molar-refractivity contribution in [3.63, 3.8) is 0 Å². The maximum absolute atomic E-state index is 9.30. The molecule has 0 unspecified atom stereocenters. The van der Waals surface area contributed by atoms with E-state index in [0.717, 1.165) is 13.0 Å². The molecule has 100 valence electrons. The third kappa shape index (κ3) is 3.58. The van der Waals surface area contributed by atoms with E-state index in [2.05, 4.69) is 60.4 Å². The Kier molecular flexibility index (Phi) is 4.99. The fraction of sp³-hybridized carbons (Fsp3) is 0.294. The highest BCUT2D eigenvalue weighted by molar-refractivity contribution is 5.54. The summed E-state index contributed by atoms with van der Waals surface area (Å²) in [7, 11) is 0. The van der Waals surface area contributed by atoms with Gasteiger partial charge in [0.25, 0.3) is 0 Å². The van der Waals surface area contributed by atoms with Crippen LogP contribution in [0.3, 0.4) is 0 Å². The summed E-state index contributed by atoms with van der Waals surface area (Å²) < 4.78 is 0. The lowest BCUT2D eigenvalue weighted by molar-refractivity contribution is 0.301. The first-order chi connectivity index (χ1) is 9.35. The third-order valence-corrected chi connectivity index (χ3v) is 3.30. The molecule has 1 N–H and O–H groups in total. The van der Waals surface area contributed by atoms with Gasteiger partial charge in [0.2, 0.25) is 0 Å². The lowest BCUT2D eigenvalue weighted by Gasteiger charge is -2.26. The van der Waals surface area contributed by atoms with Crippen molar-refractivity contribution in [2.24, 2.45) is 0 Å². The molecule has 0 atom stereocenters. The monoisotopic (exact) mass is 255 g/mol. The molecule has 0 bridgehead atoms. The number of para-hydroxylation sites is 1. The van der Waals surface area contributed by atoms with Gasteiger partial charge in [-0.1, -0.05) is 55.5 Å². The maximum Gasteiger partial charge on any atom is 0.0606 e. The summed E-state index contributed by atoms with van der Waals surface area (Å²) in [6.45, 7) is 3.83. The van der Waals surface area contributed by atoms with E-state index >= 15 is 0 Å². The SMILES string of the molecule is CCc1ccccc1N(CCO)Cc1ccccc1. The lowest BCUT2D eigenvalue weighted by atomic mass is 10.1. The number of benzene rings is 2. The number of hydrogen-bond donors (Lipinski definition) is 1. The van der Waals surface area contributed by atoms with Crippen molar-refractivity contribution in [3.8, 4) is 0 Å². The first kappa shape index (κ1) is 13.6. The second-order valence-corrected chi connectivity index (χ2v) is 4.61. The third-order valence-electron chi connectivity index (χ3n) is 3.30. The Hall–Kier alpha value is -1.80. The second-order valence-electron chi connectivity index (χ2n) is 4.61. The predicted octanol–water partition coefficient (Wildman–Crippen LogP) is 3.25. The molecule has 2 rings (SSSR count). The number of anilines is 1. The molecule has 19 heavy (non-hydrogen) atoms. The molecule has 0 radical (unpaired) electrons. The van der Waals surface area contributed by atoms with Crippen LogP contribution in [-0.4, -0.2) is 18.3 Å². The largest absolute Gasteiger partial charge is 0.395 e. The summed E-state index contributed by atoms with van der Waals surface area (Å²) in [5.41, 5.74) is 3.82. The van der Waals surface area contributed by atoms with Crippen molar-refractivity contribution in [2.75, 3.05) is 18.1 Å².